The van der Waals surface area contributed by atoms with Gasteiger partial charge in [-0.2, -0.15) is 0 Å². The van der Waals surface area contributed by atoms with Crippen LogP contribution in [0.1, 0.15) is 18.7 Å². The van der Waals surface area contributed by atoms with Gasteiger partial charge >= 0.3 is 0 Å². The average molecular weight is 269 g/mol. The van der Waals surface area contributed by atoms with Crippen LogP contribution >= 0.6 is 11.3 Å². The SMILES string of the molecule is CCNC(=NCCOCC)NCCc1cccs1. The fraction of sp³-hybridized carbons (Fsp3) is 0.615. The molecule has 0 bridgehead atoms. The number of guanidine groups is 1. The first-order valence-corrected chi connectivity index (χ1v) is 7.37. The van der Waals surface area contributed by atoms with E-state index in [1.54, 1.807) is 11.3 Å². The molecule has 102 valence electrons. The second-order valence-corrected chi connectivity index (χ2v) is 4.75. The Morgan fingerprint density at radius 3 is 2.94 bits per heavy atom. The Kier molecular flexibility index (Phi) is 8.25. The van der Waals surface area contributed by atoms with Gasteiger partial charge < -0.3 is 15.4 Å². The molecule has 0 saturated heterocycles. The maximum absolute atomic E-state index is 5.26. The van der Waals surface area contributed by atoms with Crippen molar-refractivity contribution in [3.63, 3.8) is 0 Å². The minimum absolute atomic E-state index is 0.679. The zero-order valence-electron chi connectivity index (χ0n) is 11.2. The molecular weight excluding hydrogens is 246 g/mol. The monoisotopic (exact) mass is 269 g/mol. The van der Waals surface area contributed by atoms with Gasteiger partial charge in [0.1, 0.15) is 0 Å². The number of nitrogens with one attached hydrogen (secondary N) is 2. The van der Waals surface area contributed by atoms with Crippen LogP contribution in [0.2, 0.25) is 0 Å². The lowest BCUT2D eigenvalue weighted by Gasteiger charge is -2.10. The van der Waals surface area contributed by atoms with Crippen molar-refractivity contribution in [2.45, 2.75) is 20.3 Å². The van der Waals surface area contributed by atoms with Gasteiger partial charge in [0.05, 0.1) is 13.2 Å². The molecule has 0 radical (unpaired) electrons. The highest BCUT2D eigenvalue weighted by Gasteiger charge is 1.97. The molecule has 1 heterocycles. The van der Waals surface area contributed by atoms with Crippen molar-refractivity contribution in [3.8, 4) is 0 Å². The summed E-state index contributed by atoms with van der Waals surface area (Å²) < 4.78 is 5.26. The fourth-order valence-corrected chi connectivity index (χ4v) is 2.18. The standard InChI is InChI=1S/C13H23N3OS/c1-3-14-13(16-9-10-17-4-2)15-8-7-12-6-5-11-18-12/h5-6,11H,3-4,7-10H2,1-2H3,(H2,14,15,16). The second kappa shape index (κ2) is 9.91. The van der Waals surface area contributed by atoms with Crippen LogP contribution in [0.4, 0.5) is 0 Å². The Bertz CT molecular complexity index is 325. The van der Waals surface area contributed by atoms with E-state index in [1.807, 2.05) is 6.92 Å². The van der Waals surface area contributed by atoms with Crippen molar-refractivity contribution >= 4 is 17.3 Å². The highest BCUT2D eigenvalue weighted by atomic mass is 32.1. The van der Waals surface area contributed by atoms with E-state index >= 15 is 0 Å². The van der Waals surface area contributed by atoms with Crippen LogP contribution in [-0.2, 0) is 11.2 Å². The van der Waals surface area contributed by atoms with Gasteiger partial charge in [-0.3, -0.25) is 4.99 Å². The van der Waals surface area contributed by atoms with E-state index in [2.05, 4.69) is 40.1 Å². The molecule has 0 fully saturated rings. The molecule has 1 aromatic rings. The predicted molar refractivity (Wildman–Crippen MR) is 78.5 cm³/mol. The first-order chi connectivity index (χ1) is 8.86. The summed E-state index contributed by atoms with van der Waals surface area (Å²) in [6.45, 7) is 7.96. The van der Waals surface area contributed by atoms with E-state index in [0.29, 0.717) is 13.2 Å². The maximum Gasteiger partial charge on any atom is 0.191 e. The van der Waals surface area contributed by atoms with Gasteiger partial charge in [0, 0.05) is 24.6 Å². The molecule has 2 N–H and O–H groups in total. The highest BCUT2D eigenvalue weighted by molar-refractivity contribution is 7.09. The first kappa shape index (κ1) is 15.0. The molecule has 18 heavy (non-hydrogen) atoms. The largest absolute Gasteiger partial charge is 0.380 e. The molecule has 1 aromatic heterocycles. The summed E-state index contributed by atoms with van der Waals surface area (Å²) in [7, 11) is 0. The number of hydrogen-bond acceptors (Lipinski definition) is 3. The number of thiophene rings is 1. The molecule has 0 aliphatic carbocycles. The predicted octanol–water partition coefficient (Wildman–Crippen LogP) is 1.88. The topological polar surface area (TPSA) is 45.7 Å². The third-order valence-electron chi connectivity index (χ3n) is 2.30. The van der Waals surface area contributed by atoms with E-state index < -0.39 is 0 Å². The van der Waals surface area contributed by atoms with Crippen LogP contribution in [0.3, 0.4) is 0 Å². The van der Waals surface area contributed by atoms with Crippen molar-refractivity contribution in [3.05, 3.63) is 22.4 Å². The van der Waals surface area contributed by atoms with Crippen LogP contribution < -0.4 is 10.6 Å². The lowest BCUT2D eigenvalue weighted by Crippen LogP contribution is -2.38. The third-order valence-corrected chi connectivity index (χ3v) is 3.23. The molecule has 0 amide bonds. The summed E-state index contributed by atoms with van der Waals surface area (Å²) in [6.07, 6.45) is 1.04. The van der Waals surface area contributed by atoms with Gasteiger partial charge in [0.15, 0.2) is 5.96 Å². The van der Waals surface area contributed by atoms with Crippen LogP contribution in [-0.4, -0.2) is 38.8 Å². The van der Waals surface area contributed by atoms with Crippen molar-refractivity contribution in [1.82, 2.24) is 10.6 Å². The summed E-state index contributed by atoms with van der Waals surface area (Å²) in [5.74, 6) is 0.869. The molecule has 4 nitrogen and oxygen atoms in total. The molecule has 0 unspecified atom stereocenters. The van der Waals surface area contributed by atoms with Crippen molar-refractivity contribution in [1.29, 1.82) is 0 Å². The summed E-state index contributed by atoms with van der Waals surface area (Å²) in [5.41, 5.74) is 0. The maximum atomic E-state index is 5.26. The number of rotatable bonds is 8. The van der Waals surface area contributed by atoms with E-state index in [4.69, 9.17) is 4.74 Å². The number of ether oxygens (including phenoxy) is 1. The van der Waals surface area contributed by atoms with Crippen LogP contribution in [0, 0.1) is 0 Å². The summed E-state index contributed by atoms with van der Waals surface area (Å²) in [5, 5.41) is 8.66. The Labute approximate surface area is 113 Å². The molecule has 0 atom stereocenters. The van der Waals surface area contributed by atoms with E-state index in [9.17, 15) is 0 Å². The second-order valence-electron chi connectivity index (χ2n) is 3.71. The minimum atomic E-state index is 0.679. The molecule has 0 aliphatic rings. The highest BCUT2D eigenvalue weighted by Crippen LogP contribution is 2.07. The van der Waals surface area contributed by atoms with E-state index in [1.165, 1.54) is 4.88 Å². The lowest BCUT2D eigenvalue weighted by atomic mass is 10.3. The molecule has 0 spiro atoms. The number of hydrogen-bond donors (Lipinski definition) is 2. The van der Waals surface area contributed by atoms with Crippen LogP contribution in [0.15, 0.2) is 22.5 Å². The van der Waals surface area contributed by atoms with Gasteiger partial charge in [-0.25, -0.2) is 0 Å². The Morgan fingerprint density at radius 1 is 1.39 bits per heavy atom. The molecule has 0 saturated carbocycles. The fourth-order valence-electron chi connectivity index (χ4n) is 1.47. The van der Waals surface area contributed by atoms with Gasteiger partial charge in [-0.15, -0.1) is 11.3 Å². The average Bonchev–Trinajstić information content (AvgIpc) is 2.87. The zero-order chi connectivity index (χ0) is 13.1. The van der Waals surface area contributed by atoms with Gasteiger partial charge in [0.25, 0.3) is 0 Å². The Hall–Kier alpha value is -1.07. The Balaban J connectivity index is 2.23. The normalized spacial score (nSPS) is 11.6. The number of aliphatic imine (C=N–C) groups is 1. The first-order valence-electron chi connectivity index (χ1n) is 6.49. The molecule has 1 rings (SSSR count). The minimum Gasteiger partial charge on any atom is -0.380 e. The van der Waals surface area contributed by atoms with Crippen molar-refractivity contribution in [2.75, 3.05) is 32.8 Å². The Morgan fingerprint density at radius 2 is 2.28 bits per heavy atom. The molecule has 0 aromatic carbocycles. The molecule has 0 aliphatic heterocycles. The quantitative estimate of drug-likeness (QED) is 0.430. The molecule has 5 heteroatoms. The van der Waals surface area contributed by atoms with Crippen molar-refractivity contribution < 1.29 is 4.74 Å². The van der Waals surface area contributed by atoms with Gasteiger partial charge in [-0.05, 0) is 31.7 Å². The van der Waals surface area contributed by atoms with Crippen molar-refractivity contribution in [2.24, 2.45) is 4.99 Å². The number of nitrogens with zero attached hydrogens (tertiary/aromatic N) is 1. The molecular formula is C13H23N3OS. The van der Waals surface area contributed by atoms with Crippen LogP contribution in [0.5, 0.6) is 0 Å². The third kappa shape index (κ3) is 6.61. The smallest absolute Gasteiger partial charge is 0.191 e. The summed E-state index contributed by atoms with van der Waals surface area (Å²) >= 11 is 1.79. The van der Waals surface area contributed by atoms with Gasteiger partial charge in [0.2, 0.25) is 0 Å². The van der Waals surface area contributed by atoms with Crippen LogP contribution in [0.25, 0.3) is 0 Å². The zero-order valence-corrected chi connectivity index (χ0v) is 12.1. The van der Waals surface area contributed by atoms with E-state index in [-0.39, 0.29) is 0 Å². The summed E-state index contributed by atoms with van der Waals surface area (Å²) in [4.78, 5) is 5.84. The van der Waals surface area contributed by atoms with Gasteiger partial charge in [-0.1, -0.05) is 6.07 Å². The summed E-state index contributed by atoms with van der Waals surface area (Å²) in [6, 6.07) is 4.24. The van der Waals surface area contributed by atoms with E-state index in [0.717, 1.165) is 32.1 Å². The lowest BCUT2D eigenvalue weighted by molar-refractivity contribution is 0.155.